The van der Waals surface area contributed by atoms with E-state index in [0.29, 0.717) is 22.4 Å². The number of hydrogen-bond donors (Lipinski definition) is 2. The number of rotatable bonds is 5. The molecule has 0 aliphatic heterocycles. The van der Waals surface area contributed by atoms with Crippen LogP contribution in [-0.2, 0) is 9.53 Å². The maximum Gasteiger partial charge on any atom is 0.307 e. The van der Waals surface area contributed by atoms with Gasteiger partial charge < -0.3 is 20.3 Å². The molecule has 0 bridgehead atoms. The second-order valence-electron chi connectivity index (χ2n) is 3.67. The summed E-state index contributed by atoms with van der Waals surface area (Å²) in [5.41, 5.74) is 6.59. The first kappa shape index (κ1) is 14.8. The monoisotopic (exact) mass is 317 g/mol. The van der Waals surface area contributed by atoms with E-state index in [-0.39, 0.29) is 18.1 Å². The number of esters is 1. The smallest absolute Gasteiger partial charge is 0.307 e. The number of nitrogens with two attached hydrogens (primary N) is 1. The van der Waals surface area contributed by atoms with Crippen molar-refractivity contribution < 1.29 is 19.4 Å². The minimum absolute atomic E-state index is 0.00425. The molecule has 100 valence electrons. The van der Waals surface area contributed by atoms with Crippen molar-refractivity contribution in [2.24, 2.45) is 5.73 Å². The highest BCUT2D eigenvalue weighted by Crippen LogP contribution is 2.36. The van der Waals surface area contributed by atoms with Gasteiger partial charge in [0.1, 0.15) is 0 Å². The molecule has 0 radical (unpaired) electrons. The van der Waals surface area contributed by atoms with E-state index < -0.39 is 6.04 Å². The molecule has 1 aromatic carbocycles. The lowest BCUT2D eigenvalue weighted by molar-refractivity contribution is -0.143. The number of halogens is 1. The Bertz CT molecular complexity index is 436. The van der Waals surface area contributed by atoms with Gasteiger partial charge in [0.15, 0.2) is 11.5 Å². The number of carbonyl (C=O) groups excluding carboxylic acids is 1. The summed E-state index contributed by atoms with van der Waals surface area (Å²) in [6, 6.07) is 2.75. The first-order chi connectivity index (χ1) is 8.49. The molecule has 0 aliphatic carbocycles. The normalized spacial score (nSPS) is 12.0. The first-order valence-electron chi connectivity index (χ1n) is 5.47. The van der Waals surface area contributed by atoms with Crippen LogP contribution in [0.4, 0.5) is 0 Å². The summed E-state index contributed by atoms with van der Waals surface area (Å²) in [6.07, 6.45) is 0.0776. The predicted octanol–water partition coefficient (Wildman–Crippen LogP) is 2.12. The Balaban J connectivity index is 2.89. The van der Waals surface area contributed by atoms with E-state index in [0.717, 1.165) is 0 Å². The molecule has 0 saturated carbocycles. The topological polar surface area (TPSA) is 81.8 Å². The Hall–Kier alpha value is -1.27. The highest BCUT2D eigenvalue weighted by Gasteiger charge is 2.16. The number of ether oxygens (including phenoxy) is 2. The molecule has 0 amide bonds. The molecular weight excluding hydrogens is 302 g/mol. The molecule has 1 rings (SSSR count). The molecule has 18 heavy (non-hydrogen) atoms. The lowest BCUT2D eigenvalue weighted by Crippen LogP contribution is -2.17. The van der Waals surface area contributed by atoms with Gasteiger partial charge in [0, 0.05) is 6.04 Å². The Morgan fingerprint density at radius 2 is 2.22 bits per heavy atom. The van der Waals surface area contributed by atoms with Crippen molar-refractivity contribution in [2.75, 3.05) is 13.7 Å². The number of benzene rings is 1. The minimum atomic E-state index is -0.505. The van der Waals surface area contributed by atoms with Gasteiger partial charge in [-0.3, -0.25) is 4.79 Å². The van der Waals surface area contributed by atoms with Gasteiger partial charge in [-0.2, -0.15) is 0 Å². The van der Waals surface area contributed by atoms with Gasteiger partial charge >= 0.3 is 5.97 Å². The molecule has 6 heteroatoms. The molecule has 0 spiro atoms. The second kappa shape index (κ2) is 6.61. The molecule has 0 fully saturated rings. The van der Waals surface area contributed by atoms with Gasteiger partial charge in [0.25, 0.3) is 0 Å². The van der Waals surface area contributed by atoms with E-state index in [4.69, 9.17) is 15.2 Å². The predicted molar refractivity (Wildman–Crippen MR) is 70.5 cm³/mol. The van der Waals surface area contributed by atoms with Crippen LogP contribution in [0.5, 0.6) is 11.5 Å². The third-order valence-corrected chi connectivity index (χ3v) is 3.00. The molecule has 5 nitrogen and oxygen atoms in total. The van der Waals surface area contributed by atoms with E-state index in [2.05, 4.69) is 15.9 Å². The van der Waals surface area contributed by atoms with Crippen molar-refractivity contribution in [3.8, 4) is 11.5 Å². The molecule has 3 N–H and O–H groups in total. The molecule has 0 saturated heterocycles. The SMILES string of the molecule is CCOC(=O)C[C@H](N)c1cc(Br)c(O)c(OC)c1. The fourth-order valence-electron chi connectivity index (χ4n) is 1.48. The van der Waals surface area contributed by atoms with Gasteiger partial charge in [0.2, 0.25) is 0 Å². The van der Waals surface area contributed by atoms with E-state index in [1.165, 1.54) is 7.11 Å². The fraction of sp³-hybridized carbons (Fsp3) is 0.417. The summed E-state index contributed by atoms with van der Waals surface area (Å²) in [6.45, 7) is 2.07. The Labute approximate surface area is 114 Å². The Morgan fingerprint density at radius 1 is 1.56 bits per heavy atom. The highest BCUT2D eigenvalue weighted by molar-refractivity contribution is 9.10. The lowest BCUT2D eigenvalue weighted by Gasteiger charge is -2.14. The van der Waals surface area contributed by atoms with E-state index >= 15 is 0 Å². The van der Waals surface area contributed by atoms with Crippen molar-refractivity contribution in [3.63, 3.8) is 0 Å². The van der Waals surface area contributed by atoms with Crippen molar-refractivity contribution >= 4 is 21.9 Å². The van der Waals surface area contributed by atoms with E-state index in [1.807, 2.05) is 0 Å². The van der Waals surface area contributed by atoms with Crippen LogP contribution in [0.3, 0.4) is 0 Å². The third kappa shape index (κ3) is 3.61. The highest BCUT2D eigenvalue weighted by atomic mass is 79.9. The quantitative estimate of drug-likeness (QED) is 0.813. The number of hydrogen-bond acceptors (Lipinski definition) is 5. The van der Waals surface area contributed by atoms with Crippen LogP contribution in [0.25, 0.3) is 0 Å². The molecule has 0 aliphatic rings. The number of phenols is 1. The molecule has 0 heterocycles. The molecule has 1 atom stereocenters. The number of phenolic OH excluding ortho intramolecular Hbond substituents is 1. The van der Waals surface area contributed by atoms with E-state index in [1.54, 1.807) is 19.1 Å². The van der Waals surface area contributed by atoms with Gasteiger partial charge in [0.05, 0.1) is 24.6 Å². The van der Waals surface area contributed by atoms with Gasteiger partial charge in [-0.05, 0) is 40.5 Å². The average Bonchev–Trinajstić information content (AvgIpc) is 2.32. The molecule has 0 unspecified atom stereocenters. The zero-order valence-electron chi connectivity index (χ0n) is 10.3. The zero-order valence-corrected chi connectivity index (χ0v) is 11.9. The fourth-order valence-corrected chi connectivity index (χ4v) is 1.94. The van der Waals surface area contributed by atoms with Crippen LogP contribution in [0, 0.1) is 0 Å². The summed E-state index contributed by atoms with van der Waals surface area (Å²) >= 11 is 3.20. The van der Waals surface area contributed by atoms with Crippen molar-refractivity contribution in [1.29, 1.82) is 0 Å². The number of carbonyl (C=O) groups is 1. The summed E-state index contributed by atoms with van der Waals surface area (Å²) in [5, 5.41) is 9.67. The lowest BCUT2D eigenvalue weighted by atomic mass is 10.0. The second-order valence-corrected chi connectivity index (χ2v) is 4.52. The van der Waals surface area contributed by atoms with Crippen LogP contribution in [0.2, 0.25) is 0 Å². The maximum absolute atomic E-state index is 11.3. The van der Waals surface area contributed by atoms with Crippen molar-refractivity contribution in [2.45, 2.75) is 19.4 Å². The van der Waals surface area contributed by atoms with Gasteiger partial charge in [-0.25, -0.2) is 0 Å². The van der Waals surface area contributed by atoms with Crippen LogP contribution in [0.1, 0.15) is 24.9 Å². The number of aromatic hydroxyl groups is 1. The summed E-state index contributed by atoms with van der Waals surface area (Å²) in [7, 11) is 1.45. The van der Waals surface area contributed by atoms with Crippen LogP contribution >= 0.6 is 15.9 Å². The molecular formula is C12H16BrNO4. The summed E-state index contributed by atoms with van der Waals surface area (Å²) < 4.78 is 10.3. The van der Waals surface area contributed by atoms with Crippen molar-refractivity contribution in [1.82, 2.24) is 0 Å². The summed E-state index contributed by atoms with van der Waals surface area (Å²) in [4.78, 5) is 11.3. The average molecular weight is 318 g/mol. The standard InChI is InChI=1S/C12H16BrNO4/c1-3-18-11(15)6-9(14)7-4-8(13)12(16)10(5-7)17-2/h4-5,9,16H,3,6,14H2,1-2H3/t9-/m0/s1. The largest absolute Gasteiger partial charge is 0.503 e. The van der Waals surface area contributed by atoms with Crippen molar-refractivity contribution in [3.05, 3.63) is 22.2 Å². The van der Waals surface area contributed by atoms with Crippen LogP contribution in [0.15, 0.2) is 16.6 Å². The Morgan fingerprint density at radius 3 is 2.78 bits per heavy atom. The van der Waals surface area contributed by atoms with Crippen LogP contribution < -0.4 is 10.5 Å². The van der Waals surface area contributed by atoms with Gasteiger partial charge in [-0.15, -0.1) is 0 Å². The summed E-state index contributed by atoms with van der Waals surface area (Å²) in [5.74, 6) is -0.0450. The molecule has 0 aromatic heterocycles. The minimum Gasteiger partial charge on any atom is -0.503 e. The Kier molecular flexibility index (Phi) is 5.43. The maximum atomic E-state index is 11.3. The third-order valence-electron chi connectivity index (χ3n) is 2.39. The van der Waals surface area contributed by atoms with Gasteiger partial charge in [-0.1, -0.05) is 0 Å². The number of methoxy groups -OCH3 is 1. The van der Waals surface area contributed by atoms with E-state index in [9.17, 15) is 9.90 Å². The van der Waals surface area contributed by atoms with Crippen LogP contribution in [-0.4, -0.2) is 24.8 Å². The first-order valence-corrected chi connectivity index (χ1v) is 6.26. The zero-order chi connectivity index (χ0) is 13.7. The molecule has 1 aromatic rings.